The van der Waals surface area contributed by atoms with Crippen molar-refractivity contribution in [3.05, 3.63) is 0 Å². The Morgan fingerprint density at radius 3 is 2.40 bits per heavy atom. The molecule has 5 nitrogen and oxygen atoms in total. The van der Waals surface area contributed by atoms with Gasteiger partial charge in [0.25, 0.3) is 0 Å². The van der Waals surface area contributed by atoms with Gasteiger partial charge in [-0.2, -0.15) is 0 Å². The van der Waals surface area contributed by atoms with E-state index in [9.17, 15) is 9.59 Å². The maximum atomic E-state index is 12.1. The summed E-state index contributed by atoms with van der Waals surface area (Å²) in [5.74, 6) is 0.770. The Labute approximate surface area is 121 Å². The number of carbonyl (C=O) groups is 2. The molecule has 0 aromatic carbocycles. The van der Waals surface area contributed by atoms with Gasteiger partial charge in [0.15, 0.2) is 0 Å². The van der Waals surface area contributed by atoms with Gasteiger partial charge in [-0.1, -0.05) is 19.8 Å². The zero-order chi connectivity index (χ0) is 14.4. The molecule has 114 valence electrons. The predicted octanol–water partition coefficient (Wildman–Crippen LogP) is 0.751. The van der Waals surface area contributed by atoms with Gasteiger partial charge < -0.3 is 15.5 Å². The predicted molar refractivity (Wildman–Crippen MR) is 78.2 cm³/mol. The summed E-state index contributed by atoms with van der Waals surface area (Å²) in [7, 11) is 0. The van der Waals surface area contributed by atoms with Crippen LogP contribution in [0.5, 0.6) is 0 Å². The van der Waals surface area contributed by atoms with Crippen molar-refractivity contribution >= 4 is 11.8 Å². The molecule has 5 heteroatoms. The van der Waals surface area contributed by atoms with Gasteiger partial charge in [0.1, 0.15) is 0 Å². The summed E-state index contributed by atoms with van der Waals surface area (Å²) >= 11 is 0. The minimum absolute atomic E-state index is 0.0459. The zero-order valence-corrected chi connectivity index (χ0v) is 12.5. The lowest BCUT2D eigenvalue weighted by atomic mass is 9.88. The summed E-state index contributed by atoms with van der Waals surface area (Å²) in [6.07, 6.45) is 5.12. The second kappa shape index (κ2) is 7.62. The fourth-order valence-corrected chi connectivity index (χ4v) is 2.81. The monoisotopic (exact) mass is 281 g/mol. The van der Waals surface area contributed by atoms with Crippen molar-refractivity contribution in [1.29, 1.82) is 0 Å². The van der Waals surface area contributed by atoms with Crippen LogP contribution in [0.3, 0.4) is 0 Å². The summed E-state index contributed by atoms with van der Waals surface area (Å²) in [5.41, 5.74) is 0. The second-order valence-corrected chi connectivity index (χ2v) is 6.04. The Kier molecular flexibility index (Phi) is 5.83. The fraction of sp³-hybridized carbons (Fsp3) is 0.867. The molecule has 1 unspecified atom stereocenters. The van der Waals surface area contributed by atoms with E-state index >= 15 is 0 Å². The van der Waals surface area contributed by atoms with Gasteiger partial charge >= 0.3 is 0 Å². The first-order valence-electron chi connectivity index (χ1n) is 7.94. The summed E-state index contributed by atoms with van der Waals surface area (Å²) in [5, 5.41) is 6.08. The lowest BCUT2D eigenvalue weighted by Gasteiger charge is -2.31. The number of amides is 2. The molecule has 0 aromatic rings. The van der Waals surface area contributed by atoms with Crippen molar-refractivity contribution in [2.75, 3.05) is 32.7 Å². The second-order valence-electron chi connectivity index (χ2n) is 6.04. The standard InChI is InChI=1S/C15H27N3O2/c1-12(13-10-16-11-13)15(20)17-7-6-14(19)18-8-4-2-3-5-9-18/h12-13,16H,2-11H2,1H3,(H,17,20). The third-order valence-electron chi connectivity index (χ3n) is 4.53. The highest BCUT2D eigenvalue weighted by Gasteiger charge is 2.28. The Morgan fingerprint density at radius 2 is 1.85 bits per heavy atom. The van der Waals surface area contributed by atoms with E-state index in [0.717, 1.165) is 39.0 Å². The van der Waals surface area contributed by atoms with Crippen molar-refractivity contribution < 1.29 is 9.59 Å². The topological polar surface area (TPSA) is 61.4 Å². The molecule has 2 aliphatic heterocycles. The van der Waals surface area contributed by atoms with E-state index in [1.165, 1.54) is 12.8 Å². The number of rotatable bonds is 5. The van der Waals surface area contributed by atoms with Crippen LogP contribution in [-0.2, 0) is 9.59 Å². The Bertz CT molecular complexity index is 334. The van der Waals surface area contributed by atoms with Crippen molar-refractivity contribution in [3.63, 3.8) is 0 Å². The molecule has 0 spiro atoms. The van der Waals surface area contributed by atoms with Gasteiger partial charge in [-0.3, -0.25) is 9.59 Å². The summed E-state index contributed by atoms with van der Waals surface area (Å²) in [6.45, 7) is 6.08. The molecular weight excluding hydrogens is 254 g/mol. The van der Waals surface area contributed by atoms with Crippen molar-refractivity contribution in [3.8, 4) is 0 Å². The highest BCUT2D eigenvalue weighted by atomic mass is 16.2. The van der Waals surface area contributed by atoms with Gasteiger partial charge in [0.2, 0.25) is 11.8 Å². The number of nitrogens with one attached hydrogen (secondary N) is 2. The lowest BCUT2D eigenvalue weighted by molar-refractivity contribution is -0.131. The van der Waals surface area contributed by atoms with Crippen LogP contribution in [0.15, 0.2) is 0 Å². The number of carbonyl (C=O) groups excluding carboxylic acids is 2. The van der Waals surface area contributed by atoms with Gasteiger partial charge in [-0.25, -0.2) is 0 Å². The Balaban J connectivity index is 1.63. The first kappa shape index (κ1) is 15.3. The SMILES string of the molecule is CC(C(=O)NCCC(=O)N1CCCCCC1)C1CNC1. The lowest BCUT2D eigenvalue weighted by Crippen LogP contribution is -2.49. The van der Waals surface area contributed by atoms with Crippen molar-refractivity contribution in [2.45, 2.75) is 39.0 Å². The highest BCUT2D eigenvalue weighted by Crippen LogP contribution is 2.15. The molecule has 1 atom stereocenters. The smallest absolute Gasteiger partial charge is 0.224 e. The Morgan fingerprint density at radius 1 is 1.20 bits per heavy atom. The molecule has 0 bridgehead atoms. The third kappa shape index (κ3) is 4.20. The van der Waals surface area contributed by atoms with Crippen LogP contribution >= 0.6 is 0 Å². The molecule has 0 radical (unpaired) electrons. The maximum Gasteiger partial charge on any atom is 0.224 e. The van der Waals surface area contributed by atoms with E-state index in [-0.39, 0.29) is 17.7 Å². The quantitative estimate of drug-likeness (QED) is 0.782. The number of nitrogens with zero attached hydrogens (tertiary/aromatic N) is 1. The molecule has 0 saturated carbocycles. The van der Waals surface area contributed by atoms with E-state index < -0.39 is 0 Å². The number of likely N-dealkylation sites (tertiary alicyclic amines) is 1. The first-order chi connectivity index (χ1) is 9.68. The highest BCUT2D eigenvalue weighted by molar-refractivity contribution is 5.80. The van der Waals surface area contributed by atoms with Crippen LogP contribution in [-0.4, -0.2) is 49.4 Å². The van der Waals surface area contributed by atoms with Crippen LogP contribution in [0.25, 0.3) is 0 Å². The molecule has 0 aliphatic carbocycles. The molecule has 2 fully saturated rings. The normalized spacial score (nSPS) is 21.8. The average Bonchev–Trinajstić information content (AvgIpc) is 2.65. The van der Waals surface area contributed by atoms with Crippen molar-refractivity contribution in [2.24, 2.45) is 11.8 Å². The molecule has 2 aliphatic rings. The molecule has 2 amide bonds. The third-order valence-corrected chi connectivity index (χ3v) is 4.53. The minimum Gasteiger partial charge on any atom is -0.355 e. The molecule has 2 rings (SSSR count). The summed E-state index contributed by atoms with van der Waals surface area (Å²) in [4.78, 5) is 26.0. The van der Waals surface area contributed by atoms with E-state index in [2.05, 4.69) is 10.6 Å². The molecule has 2 saturated heterocycles. The molecule has 2 N–H and O–H groups in total. The number of hydrogen-bond donors (Lipinski definition) is 2. The molecule has 2 heterocycles. The largest absolute Gasteiger partial charge is 0.355 e. The van der Waals surface area contributed by atoms with Gasteiger partial charge in [0, 0.05) is 32.0 Å². The van der Waals surface area contributed by atoms with Crippen LogP contribution in [0, 0.1) is 11.8 Å². The summed E-state index contributed by atoms with van der Waals surface area (Å²) < 4.78 is 0. The molecular formula is C15H27N3O2. The first-order valence-corrected chi connectivity index (χ1v) is 7.94. The van der Waals surface area contributed by atoms with Gasteiger partial charge in [0.05, 0.1) is 0 Å². The van der Waals surface area contributed by atoms with E-state index in [1.54, 1.807) is 0 Å². The minimum atomic E-state index is 0.0459. The van der Waals surface area contributed by atoms with E-state index in [4.69, 9.17) is 0 Å². The fourth-order valence-electron chi connectivity index (χ4n) is 2.81. The van der Waals surface area contributed by atoms with Crippen LogP contribution < -0.4 is 10.6 Å². The van der Waals surface area contributed by atoms with E-state index in [1.807, 2.05) is 11.8 Å². The summed E-state index contributed by atoms with van der Waals surface area (Å²) in [6, 6.07) is 0. The van der Waals surface area contributed by atoms with Crippen LogP contribution in [0.4, 0.5) is 0 Å². The molecule has 0 aromatic heterocycles. The Hall–Kier alpha value is -1.10. The van der Waals surface area contributed by atoms with Gasteiger partial charge in [-0.15, -0.1) is 0 Å². The van der Waals surface area contributed by atoms with Crippen LogP contribution in [0.1, 0.15) is 39.0 Å². The number of hydrogen-bond acceptors (Lipinski definition) is 3. The zero-order valence-electron chi connectivity index (χ0n) is 12.5. The maximum absolute atomic E-state index is 12.1. The van der Waals surface area contributed by atoms with Crippen molar-refractivity contribution in [1.82, 2.24) is 15.5 Å². The molecule has 20 heavy (non-hydrogen) atoms. The van der Waals surface area contributed by atoms with Crippen LogP contribution in [0.2, 0.25) is 0 Å². The van der Waals surface area contributed by atoms with E-state index in [0.29, 0.717) is 18.9 Å². The average molecular weight is 281 g/mol. The van der Waals surface area contributed by atoms with Gasteiger partial charge in [-0.05, 0) is 31.8 Å².